The highest BCUT2D eigenvalue weighted by molar-refractivity contribution is 5.79. The Balaban J connectivity index is 2.41. The Morgan fingerprint density at radius 1 is 1.64 bits per heavy atom. The second-order valence-electron chi connectivity index (χ2n) is 2.72. The molecule has 0 spiro atoms. The molecule has 1 aliphatic carbocycles. The van der Waals surface area contributed by atoms with Crippen LogP contribution in [0.5, 0.6) is 0 Å². The molecule has 0 bridgehead atoms. The summed E-state index contributed by atoms with van der Waals surface area (Å²) in [6, 6.07) is 0. The molecule has 1 atom stereocenters. The van der Waals surface area contributed by atoms with Crippen LogP contribution in [0.1, 0.15) is 19.3 Å². The van der Waals surface area contributed by atoms with E-state index in [1.54, 1.807) is 6.08 Å². The van der Waals surface area contributed by atoms with E-state index < -0.39 is 5.97 Å². The summed E-state index contributed by atoms with van der Waals surface area (Å²) in [5.41, 5.74) is 0. The van der Waals surface area contributed by atoms with Gasteiger partial charge in [0.2, 0.25) is 0 Å². The van der Waals surface area contributed by atoms with E-state index in [4.69, 9.17) is 5.11 Å². The molecule has 60 valence electrons. The number of allylic oxidation sites excluding steroid dienone is 3. The second-order valence-corrected chi connectivity index (χ2v) is 2.72. The normalized spacial score (nSPS) is 24.2. The quantitative estimate of drug-likeness (QED) is 0.485. The van der Waals surface area contributed by atoms with Gasteiger partial charge in [-0.2, -0.15) is 0 Å². The topological polar surface area (TPSA) is 37.3 Å². The lowest BCUT2D eigenvalue weighted by Crippen LogP contribution is -1.98. The van der Waals surface area contributed by atoms with Crippen LogP contribution in [0.2, 0.25) is 0 Å². The van der Waals surface area contributed by atoms with Crippen molar-refractivity contribution in [1.29, 1.82) is 0 Å². The summed E-state index contributed by atoms with van der Waals surface area (Å²) in [6.45, 7) is 0. The van der Waals surface area contributed by atoms with Gasteiger partial charge in [-0.15, -0.1) is 0 Å². The van der Waals surface area contributed by atoms with E-state index in [0.29, 0.717) is 5.92 Å². The summed E-state index contributed by atoms with van der Waals surface area (Å²) < 4.78 is 0. The molecule has 1 N–H and O–H groups in total. The van der Waals surface area contributed by atoms with Gasteiger partial charge in [0.1, 0.15) is 0 Å². The lowest BCUT2D eigenvalue weighted by atomic mass is 9.96. The van der Waals surface area contributed by atoms with Crippen LogP contribution in [-0.2, 0) is 4.79 Å². The lowest BCUT2D eigenvalue weighted by Gasteiger charge is -2.10. The first kappa shape index (κ1) is 8.05. The van der Waals surface area contributed by atoms with E-state index in [9.17, 15) is 4.79 Å². The number of hydrogen-bond donors (Lipinski definition) is 1. The fourth-order valence-electron chi connectivity index (χ4n) is 1.20. The van der Waals surface area contributed by atoms with Crippen molar-refractivity contribution in [1.82, 2.24) is 0 Å². The van der Waals surface area contributed by atoms with E-state index in [1.807, 2.05) is 0 Å². The molecule has 0 saturated heterocycles. The highest BCUT2D eigenvalue weighted by Crippen LogP contribution is 2.17. The Labute approximate surface area is 66.2 Å². The number of carbonyl (C=O) groups is 1. The van der Waals surface area contributed by atoms with Crippen molar-refractivity contribution in [2.45, 2.75) is 19.3 Å². The SMILES string of the molecule is O=C(O)/C=C\C1C=CCCC1. The summed E-state index contributed by atoms with van der Waals surface area (Å²) in [5, 5.41) is 8.33. The fraction of sp³-hybridized carbons (Fsp3) is 0.444. The molecule has 0 radical (unpaired) electrons. The zero-order valence-corrected chi connectivity index (χ0v) is 6.36. The summed E-state index contributed by atoms with van der Waals surface area (Å²) in [4.78, 5) is 10.1. The molecule has 1 rings (SSSR count). The van der Waals surface area contributed by atoms with E-state index in [1.165, 1.54) is 12.5 Å². The second kappa shape index (κ2) is 3.96. The van der Waals surface area contributed by atoms with Crippen molar-refractivity contribution in [3.8, 4) is 0 Å². The maximum atomic E-state index is 10.1. The maximum absolute atomic E-state index is 10.1. The first-order valence-corrected chi connectivity index (χ1v) is 3.87. The van der Waals surface area contributed by atoms with E-state index in [0.717, 1.165) is 12.8 Å². The van der Waals surface area contributed by atoms with Gasteiger partial charge >= 0.3 is 5.97 Å². The number of hydrogen-bond acceptors (Lipinski definition) is 1. The van der Waals surface area contributed by atoms with Crippen molar-refractivity contribution in [3.63, 3.8) is 0 Å². The molecule has 0 saturated carbocycles. The Morgan fingerprint density at radius 3 is 3.00 bits per heavy atom. The third kappa shape index (κ3) is 3.03. The van der Waals surface area contributed by atoms with Gasteiger partial charge in [-0.25, -0.2) is 4.79 Å². The standard InChI is InChI=1S/C9H12O2/c10-9(11)7-6-8-4-2-1-3-5-8/h2,4,6-8H,1,3,5H2,(H,10,11)/b7-6-. The van der Waals surface area contributed by atoms with Crippen LogP contribution < -0.4 is 0 Å². The molecule has 11 heavy (non-hydrogen) atoms. The van der Waals surface area contributed by atoms with Crippen LogP contribution in [0.15, 0.2) is 24.3 Å². The van der Waals surface area contributed by atoms with Crippen LogP contribution in [0.4, 0.5) is 0 Å². The maximum Gasteiger partial charge on any atom is 0.327 e. The van der Waals surface area contributed by atoms with E-state index >= 15 is 0 Å². The Hall–Kier alpha value is -1.05. The predicted octanol–water partition coefficient (Wildman–Crippen LogP) is 1.98. The van der Waals surface area contributed by atoms with Gasteiger partial charge in [-0.1, -0.05) is 18.2 Å². The number of rotatable bonds is 2. The zero-order valence-electron chi connectivity index (χ0n) is 6.36. The molecule has 0 fully saturated rings. The molecule has 0 aliphatic heterocycles. The van der Waals surface area contributed by atoms with E-state index in [-0.39, 0.29) is 0 Å². The van der Waals surface area contributed by atoms with Crippen LogP contribution >= 0.6 is 0 Å². The monoisotopic (exact) mass is 152 g/mol. The minimum absolute atomic E-state index is 0.347. The molecule has 0 aromatic carbocycles. The lowest BCUT2D eigenvalue weighted by molar-refractivity contribution is -0.131. The molecule has 1 unspecified atom stereocenters. The van der Waals surface area contributed by atoms with Crippen LogP contribution in [0.25, 0.3) is 0 Å². The molecule has 2 heteroatoms. The van der Waals surface area contributed by atoms with Gasteiger partial charge < -0.3 is 5.11 Å². The molecule has 1 aliphatic rings. The number of aliphatic carboxylic acids is 1. The number of carboxylic acids is 1. The number of carboxylic acid groups (broad SMARTS) is 1. The van der Waals surface area contributed by atoms with Gasteiger partial charge in [0.25, 0.3) is 0 Å². The average Bonchev–Trinajstić information content (AvgIpc) is 2.03. The van der Waals surface area contributed by atoms with E-state index in [2.05, 4.69) is 12.2 Å². The molecule has 0 aromatic rings. The van der Waals surface area contributed by atoms with Crippen LogP contribution in [0.3, 0.4) is 0 Å². The van der Waals surface area contributed by atoms with Crippen molar-refractivity contribution < 1.29 is 9.90 Å². The van der Waals surface area contributed by atoms with Gasteiger partial charge in [-0.05, 0) is 25.2 Å². The third-order valence-corrected chi connectivity index (χ3v) is 1.78. The van der Waals surface area contributed by atoms with Crippen molar-refractivity contribution >= 4 is 5.97 Å². The van der Waals surface area contributed by atoms with Gasteiger partial charge in [0.15, 0.2) is 0 Å². The summed E-state index contributed by atoms with van der Waals surface area (Å²) in [5.74, 6) is -0.510. The first-order chi connectivity index (χ1) is 5.29. The van der Waals surface area contributed by atoms with Crippen molar-refractivity contribution in [2.24, 2.45) is 5.92 Å². The predicted molar refractivity (Wildman–Crippen MR) is 43.3 cm³/mol. The third-order valence-electron chi connectivity index (χ3n) is 1.78. The summed E-state index contributed by atoms with van der Waals surface area (Å²) in [7, 11) is 0. The molecular formula is C9H12O2. The highest BCUT2D eigenvalue weighted by Gasteiger charge is 2.03. The molecule has 2 nitrogen and oxygen atoms in total. The minimum atomic E-state index is -0.857. The van der Waals surface area contributed by atoms with Gasteiger partial charge in [-0.3, -0.25) is 0 Å². The van der Waals surface area contributed by atoms with Crippen molar-refractivity contribution in [3.05, 3.63) is 24.3 Å². The minimum Gasteiger partial charge on any atom is -0.478 e. The smallest absolute Gasteiger partial charge is 0.327 e. The largest absolute Gasteiger partial charge is 0.478 e. The fourth-order valence-corrected chi connectivity index (χ4v) is 1.20. The summed E-state index contributed by atoms with van der Waals surface area (Å²) >= 11 is 0. The Morgan fingerprint density at radius 2 is 2.45 bits per heavy atom. The van der Waals surface area contributed by atoms with Gasteiger partial charge in [0.05, 0.1) is 0 Å². The van der Waals surface area contributed by atoms with Crippen LogP contribution in [-0.4, -0.2) is 11.1 Å². The zero-order chi connectivity index (χ0) is 8.10. The first-order valence-electron chi connectivity index (χ1n) is 3.87. The van der Waals surface area contributed by atoms with Crippen LogP contribution in [0, 0.1) is 5.92 Å². The highest BCUT2D eigenvalue weighted by atomic mass is 16.4. The average molecular weight is 152 g/mol. The molecule has 0 heterocycles. The van der Waals surface area contributed by atoms with Crippen molar-refractivity contribution in [2.75, 3.05) is 0 Å². The molecule has 0 amide bonds. The molecule has 0 aromatic heterocycles. The summed E-state index contributed by atoms with van der Waals surface area (Å²) in [6.07, 6.45) is 10.5. The Bertz CT molecular complexity index is 192. The Kier molecular flexibility index (Phi) is 2.90. The van der Waals surface area contributed by atoms with Gasteiger partial charge in [0, 0.05) is 6.08 Å². The molecular weight excluding hydrogens is 140 g/mol.